The Morgan fingerprint density at radius 2 is 1.70 bits per heavy atom. The highest BCUT2D eigenvalue weighted by Crippen LogP contribution is 2.23. The first-order chi connectivity index (χ1) is 11.0. The van der Waals surface area contributed by atoms with Crippen molar-refractivity contribution in [2.24, 2.45) is 11.8 Å². The zero-order valence-corrected chi connectivity index (χ0v) is 16.2. The first kappa shape index (κ1) is 21.9. The highest BCUT2D eigenvalue weighted by molar-refractivity contribution is 5.96. The van der Waals surface area contributed by atoms with Gasteiger partial charge < -0.3 is 0 Å². The Morgan fingerprint density at radius 1 is 1.00 bits per heavy atom. The lowest BCUT2D eigenvalue weighted by Crippen LogP contribution is -2.14. The summed E-state index contributed by atoms with van der Waals surface area (Å²) in [5, 5.41) is 0. The van der Waals surface area contributed by atoms with E-state index in [0.717, 1.165) is 56.9 Å². The summed E-state index contributed by atoms with van der Waals surface area (Å²) in [5.41, 5.74) is 2.41. The largest absolute Gasteiger partial charge is 0.294 e. The van der Waals surface area contributed by atoms with E-state index in [1.54, 1.807) is 0 Å². The van der Waals surface area contributed by atoms with Crippen LogP contribution >= 0.6 is 0 Å². The van der Waals surface area contributed by atoms with E-state index in [1.165, 1.54) is 5.57 Å². The molecule has 0 aromatic heterocycles. The zero-order chi connectivity index (χ0) is 17.7. The number of hydrogen-bond acceptors (Lipinski definition) is 1. The van der Waals surface area contributed by atoms with Gasteiger partial charge in [-0.2, -0.15) is 0 Å². The molecule has 23 heavy (non-hydrogen) atoms. The Kier molecular flexibility index (Phi) is 12.7. The van der Waals surface area contributed by atoms with E-state index < -0.39 is 0 Å². The summed E-state index contributed by atoms with van der Waals surface area (Å²) in [7, 11) is 0. The van der Waals surface area contributed by atoms with Gasteiger partial charge in [0.15, 0.2) is 5.78 Å². The van der Waals surface area contributed by atoms with Gasteiger partial charge in [-0.25, -0.2) is 0 Å². The van der Waals surface area contributed by atoms with Gasteiger partial charge in [-0.1, -0.05) is 72.3 Å². The predicted molar refractivity (Wildman–Crippen MR) is 104 cm³/mol. The molecule has 0 saturated carbocycles. The molecule has 0 radical (unpaired) electrons. The van der Waals surface area contributed by atoms with Crippen molar-refractivity contribution in [1.29, 1.82) is 0 Å². The Balaban J connectivity index is 4.66. The monoisotopic (exact) mass is 318 g/mol. The van der Waals surface area contributed by atoms with Crippen LogP contribution in [0.2, 0.25) is 0 Å². The van der Waals surface area contributed by atoms with Crippen molar-refractivity contribution in [1.82, 2.24) is 0 Å². The van der Waals surface area contributed by atoms with Gasteiger partial charge in [0.1, 0.15) is 0 Å². The first-order valence-electron chi connectivity index (χ1n) is 9.57. The number of carbonyl (C=O) groups is 1. The van der Waals surface area contributed by atoms with Crippen LogP contribution in [0.3, 0.4) is 0 Å². The molecule has 0 aliphatic heterocycles. The Bertz CT molecular complexity index is 400. The predicted octanol–water partition coefficient (Wildman–Crippen LogP) is 7.05. The lowest BCUT2D eigenvalue weighted by Gasteiger charge is -2.15. The zero-order valence-electron chi connectivity index (χ0n) is 16.2. The number of carbonyl (C=O) groups excluding carboxylic acids is 1. The van der Waals surface area contributed by atoms with E-state index in [-0.39, 0.29) is 5.92 Å². The summed E-state index contributed by atoms with van der Waals surface area (Å²) in [6, 6.07) is 0. The van der Waals surface area contributed by atoms with Crippen molar-refractivity contribution >= 4 is 5.78 Å². The maximum Gasteiger partial charge on any atom is 0.161 e. The molecule has 0 aromatic carbocycles. The summed E-state index contributed by atoms with van der Waals surface area (Å²) in [6.07, 6.45) is 14.8. The molecule has 0 heterocycles. The number of rotatable bonds is 13. The Hall–Kier alpha value is -1.11. The number of ketones is 1. The van der Waals surface area contributed by atoms with E-state index in [9.17, 15) is 4.79 Å². The Labute approximate surface area is 144 Å². The van der Waals surface area contributed by atoms with Crippen LogP contribution in [0.4, 0.5) is 0 Å². The lowest BCUT2D eigenvalue weighted by molar-refractivity contribution is -0.119. The van der Waals surface area contributed by atoms with Gasteiger partial charge in [0.25, 0.3) is 0 Å². The smallest absolute Gasteiger partial charge is 0.161 e. The van der Waals surface area contributed by atoms with Crippen molar-refractivity contribution in [2.45, 2.75) is 86.0 Å². The van der Waals surface area contributed by atoms with Gasteiger partial charge in [-0.15, -0.1) is 0 Å². The van der Waals surface area contributed by atoms with Gasteiger partial charge in [0.05, 0.1) is 0 Å². The number of allylic oxidation sites excluding steroid dienone is 5. The van der Waals surface area contributed by atoms with Crippen LogP contribution in [-0.4, -0.2) is 5.78 Å². The second-order valence-electron chi connectivity index (χ2n) is 6.68. The fraction of sp³-hybridized carbons (Fsp3) is 0.682. The lowest BCUT2D eigenvalue weighted by atomic mass is 9.89. The minimum absolute atomic E-state index is 0.171. The number of Topliss-reactive ketones (excluding diaryl/α,β-unsaturated/α-hetero) is 1. The molecule has 0 rings (SSSR count). The second kappa shape index (κ2) is 13.3. The molecule has 2 unspecified atom stereocenters. The molecular weight excluding hydrogens is 280 g/mol. The van der Waals surface area contributed by atoms with Crippen molar-refractivity contribution in [3.8, 4) is 0 Å². The average Bonchev–Trinajstić information content (AvgIpc) is 2.55. The van der Waals surface area contributed by atoms with E-state index in [2.05, 4.69) is 53.3 Å². The van der Waals surface area contributed by atoms with Crippen molar-refractivity contribution in [3.05, 3.63) is 36.0 Å². The summed E-state index contributed by atoms with van der Waals surface area (Å²) in [6.45, 7) is 14.7. The standard InChI is InChI=1S/C22H38O/c1-7-11-16-21(22(23)19(6)13-8-2)17-12-15-18(5)20(10-4)14-9-3/h10,14,16,18-19H,4,7-9,11-13,15,17H2,1-3,5-6H3/b20-14+,21-16?. The summed E-state index contributed by atoms with van der Waals surface area (Å²) >= 11 is 0. The highest BCUT2D eigenvalue weighted by atomic mass is 16.1. The molecule has 132 valence electrons. The maximum atomic E-state index is 12.6. The topological polar surface area (TPSA) is 17.1 Å². The van der Waals surface area contributed by atoms with Crippen LogP contribution in [0.5, 0.6) is 0 Å². The van der Waals surface area contributed by atoms with E-state index >= 15 is 0 Å². The molecule has 0 bridgehead atoms. The molecule has 1 heteroatoms. The molecule has 0 amide bonds. The third kappa shape index (κ3) is 8.93. The van der Waals surface area contributed by atoms with Gasteiger partial charge in [0, 0.05) is 5.92 Å². The van der Waals surface area contributed by atoms with Crippen LogP contribution in [-0.2, 0) is 4.79 Å². The molecule has 0 aromatic rings. The van der Waals surface area contributed by atoms with Crippen LogP contribution in [0, 0.1) is 11.8 Å². The van der Waals surface area contributed by atoms with Crippen molar-refractivity contribution < 1.29 is 4.79 Å². The molecule has 0 aliphatic rings. The quantitative estimate of drug-likeness (QED) is 0.263. The third-order valence-corrected chi connectivity index (χ3v) is 4.49. The van der Waals surface area contributed by atoms with E-state index in [0.29, 0.717) is 11.7 Å². The number of hydrogen-bond donors (Lipinski definition) is 0. The maximum absolute atomic E-state index is 12.6. The van der Waals surface area contributed by atoms with Crippen LogP contribution in [0.1, 0.15) is 86.0 Å². The van der Waals surface area contributed by atoms with E-state index in [1.807, 2.05) is 6.08 Å². The second-order valence-corrected chi connectivity index (χ2v) is 6.68. The summed E-state index contributed by atoms with van der Waals surface area (Å²) in [4.78, 5) is 12.6. The summed E-state index contributed by atoms with van der Waals surface area (Å²) < 4.78 is 0. The fourth-order valence-corrected chi connectivity index (χ4v) is 3.01. The van der Waals surface area contributed by atoms with Crippen molar-refractivity contribution in [3.63, 3.8) is 0 Å². The average molecular weight is 319 g/mol. The van der Waals surface area contributed by atoms with Crippen LogP contribution in [0.25, 0.3) is 0 Å². The third-order valence-electron chi connectivity index (χ3n) is 4.49. The van der Waals surface area contributed by atoms with Gasteiger partial charge in [0.2, 0.25) is 0 Å². The first-order valence-corrected chi connectivity index (χ1v) is 9.57. The van der Waals surface area contributed by atoms with E-state index in [4.69, 9.17) is 0 Å². The molecule has 0 spiro atoms. The molecule has 0 saturated heterocycles. The van der Waals surface area contributed by atoms with Crippen LogP contribution < -0.4 is 0 Å². The number of unbranched alkanes of at least 4 members (excludes halogenated alkanes) is 1. The summed E-state index contributed by atoms with van der Waals surface area (Å²) in [5.74, 6) is 1.08. The van der Waals surface area contributed by atoms with Gasteiger partial charge in [-0.3, -0.25) is 4.79 Å². The highest BCUT2D eigenvalue weighted by Gasteiger charge is 2.17. The molecular formula is C22H38O. The van der Waals surface area contributed by atoms with Gasteiger partial charge >= 0.3 is 0 Å². The SMILES string of the molecule is C=C/C(=C\CC)C(C)CCCC(=CCCC)C(=O)C(C)CCC. The molecule has 2 atom stereocenters. The fourth-order valence-electron chi connectivity index (χ4n) is 3.01. The Morgan fingerprint density at radius 3 is 2.22 bits per heavy atom. The normalized spacial score (nSPS) is 15.3. The minimum atomic E-state index is 0.171. The van der Waals surface area contributed by atoms with Gasteiger partial charge in [-0.05, 0) is 55.6 Å². The molecule has 0 aliphatic carbocycles. The minimum Gasteiger partial charge on any atom is -0.294 e. The van der Waals surface area contributed by atoms with Crippen molar-refractivity contribution in [2.75, 3.05) is 0 Å². The molecule has 1 nitrogen and oxygen atoms in total. The van der Waals surface area contributed by atoms with Crippen LogP contribution in [0.15, 0.2) is 36.0 Å². The molecule has 0 N–H and O–H groups in total. The molecule has 0 fully saturated rings.